The van der Waals surface area contributed by atoms with Crippen LogP contribution < -0.4 is 10.2 Å². The number of methoxy groups -OCH3 is 1. The zero-order valence-corrected chi connectivity index (χ0v) is 35.5. The molecule has 5 aliphatic rings. The van der Waals surface area contributed by atoms with Gasteiger partial charge in [-0.25, -0.2) is 9.59 Å². The number of esters is 2. The first-order chi connectivity index (χ1) is 28.8. The molecule has 1 heterocycles. The molecule has 314 valence electrons. The van der Waals surface area contributed by atoms with Crippen LogP contribution in [-0.2, 0) is 44.7 Å². The van der Waals surface area contributed by atoms with Crippen LogP contribution in [0.3, 0.4) is 0 Å². The number of rotatable bonds is 15. The van der Waals surface area contributed by atoms with Gasteiger partial charge in [-0.15, -0.1) is 0 Å². The van der Waals surface area contributed by atoms with E-state index in [1.807, 2.05) is 68.1 Å². The molecule has 0 unspecified atom stereocenters. The number of fused-ring (bicyclic) bond motifs is 1. The first-order valence-electron chi connectivity index (χ1n) is 21.9. The SMILES string of the molecule is COC(=O)c1cc(C2CC2)ccc1Cc1ccc(NCC2CC2)c(CC(=O)OC(C)(C)C)c1.O=C(O)c1cc(C2CC2)ccc1Cc1ccc2c(c1)CC(=O)N2CC1CC1. The number of nitrogens with one attached hydrogen (secondary N) is 1. The van der Waals surface area contributed by atoms with Gasteiger partial charge in [0.25, 0.3) is 0 Å². The summed E-state index contributed by atoms with van der Waals surface area (Å²) >= 11 is 0. The predicted molar refractivity (Wildman–Crippen MR) is 233 cm³/mol. The maximum Gasteiger partial charge on any atom is 0.338 e. The molecule has 4 aromatic rings. The second kappa shape index (κ2) is 17.3. The van der Waals surface area contributed by atoms with Crippen molar-refractivity contribution in [2.75, 3.05) is 30.4 Å². The lowest BCUT2D eigenvalue weighted by Crippen LogP contribution is -2.28. The lowest BCUT2D eigenvalue weighted by atomic mass is 9.94. The van der Waals surface area contributed by atoms with E-state index >= 15 is 0 Å². The monoisotopic (exact) mass is 810 g/mol. The van der Waals surface area contributed by atoms with Crippen molar-refractivity contribution in [2.24, 2.45) is 11.8 Å². The summed E-state index contributed by atoms with van der Waals surface area (Å²) in [6.07, 6.45) is 11.5. The van der Waals surface area contributed by atoms with E-state index in [4.69, 9.17) is 9.47 Å². The van der Waals surface area contributed by atoms with Crippen molar-refractivity contribution in [3.05, 3.63) is 128 Å². The molecule has 9 nitrogen and oxygen atoms in total. The number of aromatic carboxylic acids is 1. The fourth-order valence-electron chi connectivity index (χ4n) is 8.27. The number of carboxylic acid groups (broad SMARTS) is 1. The minimum atomic E-state index is -0.862. The summed E-state index contributed by atoms with van der Waals surface area (Å²) in [5.74, 6) is 1.30. The van der Waals surface area contributed by atoms with Gasteiger partial charge in [-0.1, -0.05) is 48.5 Å². The van der Waals surface area contributed by atoms with Crippen molar-refractivity contribution in [2.45, 2.75) is 115 Å². The van der Waals surface area contributed by atoms with E-state index in [0.29, 0.717) is 48.1 Å². The molecule has 9 heteroatoms. The van der Waals surface area contributed by atoms with Crippen molar-refractivity contribution in [3.63, 3.8) is 0 Å². The molecule has 0 bridgehead atoms. The quantitative estimate of drug-likeness (QED) is 0.114. The average molecular weight is 811 g/mol. The Morgan fingerprint density at radius 2 is 1.33 bits per heavy atom. The van der Waals surface area contributed by atoms with Crippen molar-refractivity contribution < 1.29 is 33.8 Å². The lowest BCUT2D eigenvalue weighted by Gasteiger charge is -2.20. The van der Waals surface area contributed by atoms with Gasteiger partial charge >= 0.3 is 17.9 Å². The van der Waals surface area contributed by atoms with Crippen LogP contribution >= 0.6 is 0 Å². The molecule has 4 fully saturated rings. The maximum absolute atomic E-state index is 12.6. The number of hydrogen-bond donors (Lipinski definition) is 2. The molecule has 2 N–H and O–H groups in total. The van der Waals surface area contributed by atoms with Crippen LogP contribution in [0.4, 0.5) is 11.4 Å². The summed E-state index contributed by atoms with van der Waals surface area (Å²) in [5.41, 5.74) is 10.8. The van der Waals surface area contributed by atoms with Gasteiger partial charge in [0.15, 0.2) is 0 Å². The van der Waals surface area contributed by atoms with Gasteiger partial charge in [0.05, 0.1) is 31.1 Å². The molecular weight excluding hydrogens is 753 g/mol. The molecule has 0 radical (unpaired) electrons. The summed E-state index contributed by atoms with van der Waals surface area (Å²) in [5, 5.41) is 13.2. The van der Waals surface area contributed by atoms with Crippen LogP contribution in [0.1, 0.15) is 149 Å². The van der Waals surface area contributed by atoms with E-state index in [1.165, 1.54) is 51.2 Å². The van der Waals surface area contributed by atoms with E-state index in [2.05, 4.69) is 35.6 Å². The highest BCUT2D eigenvalue weighted by molar-refractivity contribution is 6.01. The fourth-order valence-corrected chi connectivity index (χ4v) is 8.27. The Balaban J connectivity index is 0.000000169. The Labute approximate surface area is 353 Å². The summed E-state index contributed by atoms with van der Waals surface area (Å²) in [6.45, 7) is 7.42. The van der Waals surface area contributed by atoms with E-state index in [-0.39, 0.29) is 24.3 Å². The van der Waals surface area contributed by atoms with Gasteiger partial charge in [0.2, 0.25) is 5.91 Å². The summed E-state index contributed by atoms with van der Waals surface area (Å²) in [4.78, 5) is 51.1. The van der Waals surface area contributed by atoms with Crippen LogP contribution in [0.5, 0.6) is 0 Å². The molecule has 1 amide bonds. The van der Waals surface area contributed by atoms with Gasteiger partial charge in [0.1, 0.15) is 5.60 Å². The van der Waals surface area contributed by atoms with Gasteiger partial charge in [0, 0.05) is 24.5 Å². The molecule has 4 saturated carbocycles. The van der Waals surface area contributed by atoms with Crippen LogP contribution in [0.2, 0.25) is 0 Å². The number of carbonyl (C=O) groups excluding carboxylic acids is 3. The topological polar surface area (TPSA) is 122 Å². The number of hydrogen-bond acceptors (Lipinski definition) is 7. The average Bonchev–Trinajstić information content (AvgIpc) is 4.00. The molecule has 0 aromatic heterocycles. The molecule has 0 atom stereocenters. The third-order valence-electron chi connectivity index (χ3n) is 12.2. The Hall–Kier alpha value is -5.44. The van der Waals surface area contributed by atoms with Crippen LogP contribution in [0.25, 0.3) is 0 Å². The first-order valence-corrected chi connectivity index (χ1v) is 21.9. The highest BCUT2D eigenvalue weighted by Gasteiger charge is 2.33. The summed E-state index contributed by atoms with van der Waals surface area (Å²) < 4.78 is 10.6. The van der Waals surface area contributed by atoms with Crippen LogP contribution in [0.15, 0.2) is 72.8 Å². The fraction of sp³-hybridized carbons (Fsp3) is 0.451. The molecule has 0 spiro atoms. The normalized spacial score (nSPS) is 17.1. The van der Waals surface area contributed by atoms with Crippen molar-refractivity contribution >= 4 is 35.2 Å². The number of ether oxygens (including phenoxy) is 2. The standard InChI is InChI=1S/C28H35NO4.C23H23NO3/c1-28(2,3)33-26(30)16-23-14-19(7-12-25(23)29-17-18-5-6-18)13-22-11-10-21(20-8-9-20)15-24(22)27(31)32-4;25-22-12-19-10-15(3-8-21(19)24(22)13-14-1-2-14)9-18-7-6-17(16-4-5-16)11-20(18)23(26)27/h7,10-12,14-15,18,20,29H,5-6,8-9,13,16-17H2,1-4H3;3,6-8,10-11,14,16H,1-2,4-5,9,12-13H2,(H,26,27). The molecule has 1 aliphatic heterocycles. The maximum atomic E-state index is 12.6. The predicted octanol–water partition coefficient (Wildman–Crippen LogP) is 9.80. The Morgan fingerprint density at radius 1 is 0.733 bits per heavy atom. The molecule has 4 aromatic carbocycles. The van der Waals surface area contributed by atoms with E-state index in [0.717, 1.165) is 82.2 Å². The number of nitrogens with zero attached hydrogens (tertiary/aromatic N) is 1. The second-order valence-corrected chi connectivity index (χ2v) is 18.7. The second-order valence-electron chi connectivity index (χ2n) is 18.7. The number of carboxylic acids is 1. The third-order valence-corrected chi connectivity index (χ3v) is 12.2. The van der Waals surface area contributed by atoms with Gasteiger partial charge in [-0.2, -0.15) is 0 Å². The number of benzene rings is 4. The zero-order chi connectivity index (χ0) is 42.1. The minimum absolute atomic E-state index is 0.189. The zero-order valence-electron chi connectivity index (χ0n) is 35.5. The number of amides is 1. The third kappa shape index (κ3) is 10.6. The number of carbonyl (C=O) groups is 4. The van der Waals surface area contributed by atoms with Crippen molar-refractivity contribution in [3.8, 4) is 0 Å². The largest absolute Gasteiger partial charge is 0.478 e. The van der Waals surface area contributed by atoms with Crippen molar-refractivity contribution in [1.29, 1.82) is 0 Å². The Kier molecular flexibility index (Phi) is 11.9. The van der Waals surface area contributed by atoms with Crippen molar-refractivity contribution in [1.82, 2.24) is 0 Å². The van der Waals surface area contributed by atoms with Gasteiger partial charge in [-0.05, 0) is 177 Å². The van der Waals surface area contributed by atoms with E-state index in [1.54, 1.807) is 0 Å². The van der Waals surface area contributed by atoms with Crippen LogP contribution in [0, 0.1) is 11.8 Å². The van der Waals surface area contributed by atoms with E-state index < -0.39 is 11.6 Å². The smallest absolute Gasteiger partial charge is 0.338 e. The van der Waals surface area contributed by atoms with Gasteiger partial charge < -0.3 is 24.8 Å². The summed E-state index contributed by atoms with van der Waals surface area (Å²) in [7, 11) is 1.43. The molecule has 60 heavy (non-hydrogen) atoms. The highest BCUT2D eigenvalue weighted by atomic mass is 16.6. The summed E-state index contributed by atoms with van der Waals surface area (Å²) in [6, 6.07) is 24.4. The lowest BCUT2D eigenvalue weighted by molar-refractivity contribution is -0.153. The Morgan fingerprint density at radius 3 is 1.92 bits per heavy atom. The Bertz CT molecular complexity index is 2290. The van der Waals surface area contributed by atoms with Crippen LogP contribution in [-0.4, -0.2) is 54.7 Å². The first kappa shape index (κ1) is 41.3. The highest BCUT2D eigenvalue weighted by Crippen LogP contribution is 2.42. The molecular formula is C51H58N2O7. The van der Waals surface area contributed by atoms with Gasteiger partial charge in [-0.3, -0.25) is 9.59 Å². The molecule has 4 aliphatic carbocycles. The van der Waals surface area contributed by atoms with E-state index in [9.17, 15) is 24.3 Å². The molecule has 0 saturated heterocycles. The molecule has 9 rings (SSSR count). The number of anilines is 2. The minimum Gasteiger partial charge on any atom is -0.478 e.